The van der Waals surface area contributed by atoms with Crippen LogP contribution in [0, 0.1) is 0 Å². The van der Waals surface area contributed by atoms with E-state index in [1.807, 2.05) is 12.1 Å². The van der Waals surface area contributed by atoms with E-state index in [0.717, 1.165) is 44.9 Å². The topological polar surface area (TPSA) is 21.3 Å². The molecule has 0 aliphatic heterocycles. The monoisotopic (exact) mass is 450 g/mol. The van der Waals surface area contributed by atoms with Gasteiger partial charge in [-0.15, -0.1) is 0 Å². The fourth-order valence-corrected chi connectivity index (χ4v) is 5.05. The zero-order chi connectivity index (χ0) is 23.2. The maximum atomic E-state index is 6.71. The van der Waals surface area contributed by atoms with E-state index in [2.05, 4.69) is 131 Å². The van der Waals surface area contributed by atoms with Crippen LogP contribution >= 0.6 is 0 Å². The maximum Gasteiger partial charge on any atom is 0.207 e. The Morgan fingerprint density at radius 1 is 0.543 bits per heavy atom. The summed E-state index contributed by atoms with van der Waals surface area (Å²) in [5, 5.41) is 3.47. The number of fused-ring (bicyclic) bond motifs is 4. The van der Waals surface area contributed by atoms with Crippen molar-refractivity contribution in [2.75, 3.05) is 4.90 Å². The summed E-state index contributed by atoms with van der Waals surface area (Å²) >= 11 is 0. The standard InChI is InChI=1S/C32H22N2O/c1-3-14-24(15-4-1)33-29-20-10-9-19-27(29)32-30(33)22-31(35-32)34(25-16-5-2-6-17-25)28-21-11-13-23-12-7-8-18-26(23)28/h1-22H. The first-order valence-electron chi connectivity index (χ1n) is 11.8. The van der Waals surface area contributed by atoms with Gasteiger partial charge in [-0.3, -0.25) is 4.90 Å². The summed E-state index contributed by atoms with van der Waals surface area (Å²) in [5.41, 5.74) is 6.32. The Morgan fingerprint density at radius 2 is 1.20 bits per heavy atom. The first-order valence-corrected chi connectivity index (χ1v) is 11.8. The highest BCUT2D eigenvalue weighted by Crippen LogP contribution is 2.43. The van der Waals surface area contributed by atoms with Crippen molar-refractivity contribution >= 4 is 50.0 Å². The van der Waals surface area contributed by atoms with Gasteiger partial charge in [-0.2, -0.15) is 0 Å². The van der Waals surface area contributed by atoms with E-state index in [-0.39, 0.29) is 0 Å². The highest BCUT2D eigenvalue weighted by Gasteiger charge is 2.23. The fourth-order valence-electron chi connectivity index (χ4n) is 5.05. The molecule has 0 saturated carbocycles. The van der Waals surface area contributed by atoms with E-state index < -0.39 is 0 Å². The summed E-state index contributed by atoms with van der Waals surface area (Å²) in [4.78, 5) is 2.21. The van der Waals surface area contributed by atoms with Crippen molar-refractivity contribution in [2.24, 2.45) is 0 Å². The molecule has 0 fully saturated rings. The molecule has 3 nitrogen and oxygen atoms in total. The van der Waals surface area contributed by atoms with Gasteiger partial charge in [0.15, 0.2) is 5.58 Å². The van der Waals surface area contributed by atoms with Gasteiger partial charge in [0.05, 0.1) is 16.7 Å². The molecule has 0 spiro atoms. The van der Waals surface area contributed by atoms with Gasteiger partial charge in [-0.25, -0.2) is 0 Å². The summed E-state index contributed by atoms with van der Waals surface area (Å²) in [7, 11) is 0. The molecule has 3 heteroatoms. The van der Waals surface area contributed by atoms with Crippen LogP contribution in [0.25, 0.3) is 38.5 Å². The van der Waals surface area contributed by atoms with Crippen LogP contribution in [-0.4, -0.2) is 4.57 Å². The van der Waals surface area contributed by atoms with Crippen LogP contribution in [0.1, 0.15) is 0 Å². The Balaban J connectivity index is 1.53. The van der Waals surface area contributed by atoms with Crippen LogP contribution in [-0.2, 0) is 0 Å². The predicted octanol–water partition coefficient (Wildman–Crippen LogP) is 9.00. The molecule has 0 amide bonds. The zero-order valence-electron chi connectivity index (χ0n) is 19.0. The normalized spacial score (nSPS) is 11.4. The number of benzene rings is 5. The van der Waals surface area contributed by atoms with Crippen LogP contribution in [0.4, 0.5) is 17.3 Å². The van der Waals surface area contributed by atoms with Crippen LogP contribution in [0.2, 0.25) is 0 Å². The van der Waals surface area contributed by atoms with Crippen molar-refractivity contribution in [3.8, 4) is 5.69 Å². The lowest BCUT2D eigenvalue weighted by atomic mass is 10.1. The Labute approximate surface area is 203 Å². The second kappa shape index (κ2) is 7.93. The molecule has 35 heavy (non-hydrogen) atoms. The average molecular weight is 451 g/mol. The Kier molecular flexibility index (Phi) is 4.46. The van der Waals surface area contributed by atoms with Gasteiger partial charge in [-0.1, -0.05) is 84.9 Å². The van der Waals surface area contributed by atoms with Crippen molar-refractivity contribution in [1.82, 2.24) is 4.57 Å². The van der Waals surface area contributed by atoms with Crippen molar-refractivity contribution in [3.63, 3.8) is 0 Å². The van der Waals surface area contributed by atoms with E-state index in [0.29, 0.717) is 0 Å². The molecular weight excluding hydrogens is 428 g/mol. The summed E-state index contributed by atoms with van der Waals surface area (Å²) in [6, 6.07) is 46.4. The minimum absolute atomic E-state index is 0.785. The quantitative estimate of drug-likeness (QED) is 0.267. The van der Waals surface area contributed by atoms with Crippen molar-refractivity contribution in [3.05, 3.63) is 133 Å². The third-order valence-electron chi connectivity index (χ3n) is 6.59. The van der Waals surface area contributed by atoms with E-state index in [4.69, 9.17) is 4.42 Å². The Hall–Kier alpha value is -4.76. The van der Waals surface area contributed by atoms with Crippen LogP contribution < -0.4 is 4.90 Å². The smallest absolute Gasteiger partial charge is 0.207 e. The van der Waals surface area contributed by atoms with Gasteiger partial charge in [-0.05, 0) is 47.9 Å². The minimum Gasteiger partial charge on any atom is -0.437 e. The number of furan rings is 1. The van der Waals surface area contributed by atoms with Crippen LogP contribution in [0.5, 0.6) is 0 Å². The fraction of sp³-hybridized carbons (Fsp3) is 0. The minimum atomic E-state index is 0.785. The van der Waals surface area contributed by atoms with Gasteiger partial charge >= 0.3 is 0 Å². The molecule has 0 aliphatic rings. The molecule has 0 radical (unpaired) electrons. The molecule has 7 rings (SSSR count). The molecule has 7 aromatic rings. The van der Waals surface area contributed by atoms with Gasteiger partial charge in [0.2, 0.25) is 5.88 Å². The second-order valence-electron chi connectivity index (χ2n) is 8.66. The number of hydrogen-bond acceptors (Lipinski definition) is 2. The van der Waals surface area contributed by atoms with Crippen LogP contribution in [0.15, 0.2) is 138 Å². The molecule has 0 saturated heterocycles. The average Bonchev–Trinajstić information content (AvgIpc) is 3.47. The molecule has 0 atom stereocenters. The van der Waals surface area contributed by atoms with Gasteiger partial charge in [0.1, 0.15) is 0 Å². The summed E-state index contributed by atoms with van der Waals surface area (Å²) in [6.45, 7) is 0. The molecule has 2 aromatic heterocycles. The first-order chi connectivity index (χ1) is 17.4. The van der Waals surface area contributed by atoms with Crippen molar-refractivity contribution in [1.29, 1.82) is 0 Å². The van der Waals surface area contributed by atoms with E-state index >= 15 is 0 Å². The third kappa shape index (κ3) is 3.13. The number of aromatic nitrogens is 1. The third-order valence-corrected chi connectivity index (χ3v) is 6.59. The lowest BCUT2D eigenvalue weighted by molar-refractivity contribution is 0.624. The molecule has 0 aliphatic carbocycles. The summed E-state index contributed by atoms with van der Waals surface area (Å²) < 4.78 is 8.99. The van der Waals surface area contributed by atoms with Gasteiger partial charge in [0.25, 0.3) is 0 Å². The van der Waals surface area contributed by atoms with E-state index in [1.54, 1.807) is 0 Å². The predicted molar refractivity (Wildman–Crippen MR) is 145 cm³/mol. The number of hydrogen-bond donors (Lipinski definition) is 0. The van der Waals surface area contributed by atoms with Crippen molar-refractivity contribution < 1.29 is 4.42 Å². The van der Waals surface area contributed by atoms with Gasteiger partial charge in [0, 0.05) is 28.2 Å². The van der Waals surface area contributed by atoms with E-state index in [1.165, 1.54) is 10.8 Å². The molecule has 0 bridgehead atoms. The molecule has 5 aromatic carbocycles. The zero-order valence-corrected chi connectivity index (χ0v) is 19.0. The molecule has 0 unspecified atom stereocenters. The van der Waals surface area contributed by atoms with Gasteiger partial charge < -0.3 is 8.98 Å². The SMILES string of the molecule is c1ccc(N(c2cc3c(o2)c2ccccc2n3-c2ccccc2)c2cccc3ccccc23)cc1. The van der Waals surface area contributed by atoms with E-state index in [9.17, 15) is 0 Å². The Morgan fingerprint density at radius 3 is 2.03 bits per heavy atom. The lowest BCUT2D eigenvalue weighted by Crippen LogP contribution is -2.09. The summed E-state index contributed by atoms with van der Waals surface area (Å²) in [6.07, 6.45) is 0. The largest absolute Gasteiger partial charge is 0.437 e. The summed E-state index contributed by atoms with van der Waals surface area (Å²) in [5.74, 6) is 0.785. The highest BCUT2D eigenvalue weighted by molar-refractivity contribution is 6.08. The number of anilines is 3. The number of nitrogens with zero attached hydrogens (tertiary/aromatic N) is 2. The van der Waals surface area contributed by atoms with Crippen LogP contribution in [0.3, 0.4) is 0 Å². The highest BCUT2D eigenvalue weighted by atomic mass is 16.4. The van der Waals surface area contributed by atoms with Crippen molar-refractivity contribution in [2.45, 2.75) is 0 Å². The number of para-hydroxylation sites is 3. The second-order valence-corrected chi connectivity index (χ2v) is 8.66. The molecular formula is C32H22N2O. The first kappa shape index (κ1) is 19.7. The lowest BCUT2D eigenvalue weighted by Gasteiger charge is -2.24. The molecule has 2 heterocycles. The Bertz CT molecular complexity index is 1790. The maximum absolute atomic E-state index is 6.71. The molecule has 166 valence electrons. The number of rotatable bonds is 4. The molecule has 0 N–H and O–H groups in total.